The fourth-order valence-corrected chi connectivity index (χ4v) is 3.36. The molecule has 132 valence electrons. The highest BCUT2D eigenvalue weighted by Gasteiger charge is 2.27. The summed E-state index contributed by atoms with van der Waals surface area (Å²) in [5.74, 6) is 0.783. The van der Waals surface area contributed by atoms with E-state index in [4.69, 9.17) is 0 Å². The second kappa shape index (κ2) is 8.00. The minimum Gasteiger partial charge on any atom is -0.350 e. The third-order valence-corrected chi connectivity index (χ3v) is 4.63. The molecule has 0 saturated carbocycles. The van der Waals surface area contributed by atoms with Crippen molar-refractivity contribution in [3.05, 3.63) is 41.6 Å². The van der Waals surface area contributed by atoms with E-state index in [-0.39, 0.29) is 11.9 Å². The molecule has 1 aliphatic rings. The summed E-state index contributed by atoms with van der Waals surface area (Å²) in [5, 5.41) is 11.2. The Morgan fingerprint density at radius 2 is 2.04 bits per heavy atom. The number of carbonyl (C=O) groups excluding carboxylic acids is 1. The van der Waals surface area contributed by atoms with Crippen molar-refractivity contribution in [2.75, 3.05) is 18.0 Å². The third kappa shape index (κ3) is 3.75. The molecule has 3 rings (SSSR count). The lowest BCUT2D eigenvalue weighted by atomic mass is 10.1. The minimum atomic E-state index is -0.0831. The van der Waals surface area contributed by atoms with E-state index in [9.17, 15) is 4.79 Å². The van der Waals surface area contributed by atoms with Crippen LogP contribution in [0.3, 0.4) is 0 Å². The summed E-state index contributed by atoms with van der Waals surface area (Å²) in [6, 6.07) is 4.08. The highest BCUT2D eigenvalue weighted by Crippen LogP contribution is 2.22. The Hall–Kier alpha value is -2.57. The molecule has 0 spiro atoms. The van der Waals surface area contributed by atoms with Crippen LogP contribution in [0.2, 0.25) is 0 Å². The van der Waals surface area contributed by atoms with E-state index >= 15 is 0 Å². The molecule has 3 heterocycles. The van der Waals surface area contributed by atoms with Crippen LogP contribution < -0.4 is 10.2 Å². The molecule has 1 fully saturated rings. The van der Waals surface area contributed by atoms with E-state index in [1.165, 1.54) is 0 Å². The first-order chi connectivity index (χ1) is 12.2. The van der Waals surface area contributed by atoms with E-state index < -0.39 is 0 Å². The standard InChI is InChI=1S/C18H24N6O/c1-3-14-17(15(4-2)21-12-20-14)18(25)19-11-13-7-6-10-24(13)16-8-5-9-22-23-16/h5,8-9,12-13H,3-4,6-7,10-11H2,1-2H3,(H,19,25). The van der Waals surface area contributed by atoms with Gasteiger partial charge in [-0.25, -0.2) is 9.97 Å². The average Bonchev–Trinajstić information content (AvgIpc) is 3.14. The zero-order chi connectivity index (χ0) is 17.6. The molecule has 7 nitrogen and oxygen atoms in total. The number of hydrogen-bond donors (Lipinski definition) is 1. The van der Waals surface area contributed by atoms with Gasteiger partial charge in [0.25, 0.3) is 5.91 Å². The van der Waals surface area contributed by atoms with Gasteiger partial charge in [-0.3, -0.25) is 4.79 Å². The van der Waals surface area contributed by atoms with Crippen molar-refractivity contribution in [2.45, 2.75) is 45.6 Å². The number of rotatable bonds is 6. The highest BCUT2D eigenvalue weighted by atomic mass is 16.1. The van der Waals surface area contributed by atoms with E-state index in [2.05, 4.69) is 30.4 Å². The van der Waals surface area contributed by atoms with Gasteiger partial charge in [-0.2, -0.15) is 5.10 Å². The third-order valence-electron chi connectivity index (χ3n) is 4.63. The molecule has 1 unspecified atom stereocenters. The average molecular weight is 340 g/mol. The van der Waals surface area contributed by atoms with E-state index in [1.54, 1.807) is 12.5 Å². The lowest BCUT2D eigenvalue weighted by Crippen LogP contribution is -2.41. The summed E-state index contributed by atoms with van der Waals surface area (Å²) >= 11 is 0. The fourth-order valence-electron chi connectivity index (χ4n) is 3.36. The first-order valence-electron chi connectivity index (χ1n) is 8.89. The Balaban J connectivity index is 1.70. The molecule has 2 aromatic heterocycles. The molecule has 7 heteroatoms. The largest absolute Gasteiger partial charge is 0.350 e. The smallest absolute Gasteiger partial charge is 0.255 e. The summed E-state index contributed by atoms with van der Waals surface area (Å²) in [6.45, 7) is 5.53. The Morgan fingerprint density at radius 1 is 1.28 bits per heavy atom. The molecule has 0 aliphatic carbocycles. The molecule has 0 aromatic carbocycles. The highest BCUT2D eigenvalue weighted by molar-refractivity contribution is 5.96. The Labute approximate surface area is 147 Å². The van der Waals surface area contributed by atoms with Gasteiger partial charge in [0.05, 0.1) is 17.0 Å². The van der Waals surface area contributed by atoms with Gasteiger partial charge in [0.15, 0.2) is 5.82 Å². The zero-order valence-corrected chi connectivity index (χ0v) is 14.8. The first-order valence-corrected chi connectivity index (χ1v) is 8.89. The van der Waals surface area contributed by atoms with E-state index in [1.807, 2.05) is 26.0 Å². The van der Waals surface area contributed by atoms with Gasteiger partial charge in [-0.15, -0.1) is 5.10 Å². The number of nitrogens with one attached hydrogen (secondary N) is 1. The molecule has 0 bridgehead atoms. The predicted molar refractivity (Wildman–Crippen MR) is 95.5 cm³/mol. The van der Waals surface area contributed by atoms with Crippen LogP contribution in [-0.4, -0.2) is 45.2 Å². The normalized spacial score (nSPS) is 16.9. The van der Waals surface area contributed by atoms with Gasteiger partial charge < -0.3 is 10.2 Å². The Kier molecular flexibility index (Phi) is 5.53. The van der Waals surface area contributed by atoms with Crippen LogP contribution >= 0.6 is 0 Å². The monoisotopic (exact) mass is 340 g/mol. The molecular weight excluding hydrogens is 316 g/mol. The summed E-state index contributed by atoms with van der Waals surface area (Å²) in [6.07, 6.45) is 6.77. The van der Waals surface area contributed by atoms with Crippen molar-refractivity contribution in [3.63, 3.8) is 0 Å². The summed E-state index contributed by atoms with van der Waals surface area (Å²) in [7, 11) is 0. The van der Waals surface area contributed by atoms with Crippen molar-refractivity contribution < 1.29 is 4.79 Å². The fraction of sp³-hybridized carbons (Fsp3) is 0.500. The number of aromatic nitrogens is 4. The van der Waals surface area contributed by atoms with E-state index in [0.717, 1.165) is 36.6 Å². The molecule has 1 amide bonds. The van der Waals surface area contributed by atoms with Crippen LogP contribution in [0.25, 0.3) is 0 Å². The summed E-state index contributed by atoms with van der Waals surface area (Å²) in [5.41, 5.74) is 2.25. The number of nitrogens with zero attached hydrogens (tertiary/aromatic N) is 5. The Bertz CT molecular complexity index is 699. The maximum Gasteiger partial charge on any atom is 0.255 e. The van der Waals surface area contributed by atoms with Crippen molar-refractivity contribution in [3.8, 4) is 0 Å². The van der Waals surface area contributed by atoms with Gasteiger partial charge in [0, 0.05) is 25.3 Å². The quantitative estimate of drug-likeness (QED) is 0.863. The van der Waals surface area contributed by atoms with Gasteiger partial charge in [-0.1, -0.05) is 13.8 Å². The maximum atomic E-state index is 12.8. The van der Waals surface area contributed by atoms with Crippen LogP contribution in [0.1, 0.15) is 48.4 Å². The molecular formula is C18H24N6O. The van der Waals surface area contributed by atoms with Crippen LogP contribution in [0, 0.1) is 0 Å². The van der Waals surface area contributed by atoms with Crippen molar-refractivity contribution >= 4 is 11.7 Å². The van der Waals surface area contributed by atoms with Crippen molar-refractivity contribution in [1.82, 2.24) is 25.5 Å². The van der Waals surface area contributed by atoms with Gasteiger partial charge in [-0.05, 0) is 37.8 Å². The molecule has 1 saturated heterocycles. The second-order valence-corrected chi connectivity index (χ2v) is 6.13. The van der Waals surface area contributed by atoms with Gasteiger partial charge >= 0.3 is 0 Å². The molecule has 1 atom stereocenters. The zero-order valence-electron chi connectivity index (χ0n) is 14.8. The topological polar surface area (TPSA) is 83.9 Å². The van der Waals surface area contributed by atoms with Crippen LogP contribution in [-0.2, 0) is 12.8 Å². The molecule has 2 aromatic rings. The molecule has 0 radical (unpaired) electrons. The van der Waals surface area contributed by atoms with Gasteiger partial charge in [0.1, 0.15) is 6.33 Å². The Morgan fingerprint density at radius 3 is 2.68 bits per heavy atom. The van der Waals surface area contributed by atoms with Crippen LogP contribution in [0.15, 0.2) is 24.7 Å². The van der Waals surface area contributed by atoms with Crippen molar-refractivity contribution in [1.29, 1.82) is 0 Å². The summed E-state index contributed by atoms with van der Waals surface area (Å²) in [4.78, 5) is 23.5. The lowest BCUT2D eigenvalue weighted by molar-refractivity contribution is 0.0948. The van der Waals surface area contributed by atoms with E-state index in [0.29, 0.717) is 24.9 Å². The number of carbonyl (C=O) groups is 1. The number of aryl methyl sites for hydroxylation is 2. The second-order valence-electron chi connectivity index (χ2n) is 6.13. The minimum absolute atomic E-state index is 0.0831. The molecule has 1 aliphatic heterocycles. The molecule has 25 heavy (non-hydrogen) atoms. The number of anilines is 1. The maximum absolute atomic E-state index is 12.8. The number of hydrogen-bond acceptors (Lipinski definition) is 6. The SMILES string of the molecule is CCc1ncnc(CC)c1C(=O)NCC1CCCN1c1cccnn1. The number of amides is 1. The van der Waals surface area contributed by atoms with Gasteiger partial charge in [0.2, 0.25) is 0 Å². The summed E-state index contributed by atoms with van der Waals surface area (Å²) < 4.78 is 0. The van der Waals surface area contributed by atoms with Crippen molar-refractivity contribution in [2.24, 2.45) is 0 Å². The predicted octanol–water partition coefficient (Wildman–Crippen LogP) is 1.79. The molecule has 1 N–H and O–H groups in total. The van der Waals surface area contributed by atoms with Crippen LogP contribution in [0.5, 0.6) is 0 Å². The lowest BCUT2D eigenvalue weighted by Gasteiger charge is -2.25. The first kappa shape index (κ1) is 17.3. The van der Waals surface area contributed by atoms with Crippen LogP contribution in [0.4, 0.5) is 5.82 Å².